The summed E-state index contributed by atoms with van der Waals surface area (Å²) >= 11 is 0. The molecule has 0 fully saturated rings. The summed E-state index contributed by atoms with van der Waals surface area (Å²) < 4.78 is 2.34. The van der Waals surface area contributed by atoms with Gasteiger partial charge in [-0.15, -0.1) is 0 Å². The van der Waals surface area contributed by atoms with E-state index in [0.717, 1.165) is 40.2 Å². The molecule has 0 radical (unpaired) electrons. The highest BCUT2D eigenvalue weighted by Gasteiger charge is 2.43. The van der Waals surface area contributed by atoms with Crippen molar-refractivity contribution in [2.75, 3.05) is 4.90 Å². The van der Waals surface area contributed by atoms with Crippen molar-refractivity contribution in [2.45, 2.75) is 18.3 Å². The van der Waals surface area contributed by atoms with Gasteiger partial charge in [0.05, 0.1) is 11.2 Å². The molecule has 3 aliphatic carbocycles. The second-order valence-corrected chi connectivity index (χ2v) is 14.4. The fourth-order valence-corrected chi connectivity index (χ4v) is 8.70. The Balaban J connectivity index is 0.970. The summed E-state index contributed by atoms with van der Waals surface area (Å²) in [5.74, 6) is 2.92. The summed E-state index contributed by atoms with van der Waals surface area (Å²) in [4.78, 5) is 17.5. The van der Waals surface area contributed by atoms with Crippen molar-refractivity contribution in [1.82, 2.24) is 19.5 Å². The zero-order chi connectivity index (χ0) is 35.6. The van der Waals surface area contributed by atoms with Crippen LogP contribution in [0.5, 0.6) is 0 Å². The summed E-state index contributed by atoms with van der Waals surface area (Å²) in [6.45, 7) is 0. The van der Waals surface area contributed by atoms with Crippen molar-refractivity contribution < 1.29 is 0 Å². The van der Waals surface area contributed by atoms with Crippen LogP contribution in [0.1, 0.15) is 35.2 Å². The lowest BCUT2D eigenvalue weighted by Gasteiger charge is -2.29. The van der Waals surface area contributed by atoms with Crippen molar-refractivity contribution in [3.8, 4) is 39.6 Å². The molecule has 2 unspecified atom stereocenters. The Morgan fingerprint density at radius 1 is 0.593 bits per heavy atom. The monoisotopic (exact) mass is 693 g/mol. The zero-order valence-corrected chi connectivity index (χ0v) is 29.5. The summed E-state index contributed by atoms with van der Waals surface area (Å²) in [7, 11) is 0. The first-order valence-corrected chi connectivity index (χ1v) is 18.7. The molecule has 0 saturated carbocycles. The van der Waals surface area contributed by atoms with Gasteiger partial charge in [0.2, 0.25) is 0 Å². The van der Waals surface area contributed by atoms with Gasteiger partial charge in [-0.2, -0.15) is 0 Å². The highest BCUT2D eigenvalue weighted by molar-refractivity contribution is 6.00. The molecule has 4 aliphatic rings. The first-order chi connectivity index (χ1) is 26.8. The molecular formula is C49H35N5. The van der Waals surface area contributed by atoms with Crippen LogP contribution in [0, 0.1) is 5.92 Å². The number of anilines is 2. The van der Waals surface area contributed by atoms with Gasteiger partial charge in [0.15, 0.2) is 11.6 Å². The molecule has 2 aromatic heterocycles. The van der Waals surface area contributed by atoms with Gasteiger partial charge in [-0.25, -0.2) is 15.0 Å². The first-order valence-electron chi connectivity index (χ1n) is 18.7. The van der Waals surface area contributed by atoms with Crippen LogP contribution in [-0.2, 0) is 0 Å². The second-order valence-electron chi connectivity index (χ2n) is 14.4. The molecule has 5 aromatic carbocycles. The van der Waals surface area contributed by atoms with E-state index < -0.39 is 0 Å². The van der Waals surface area contributed by atoms with Gasteiger partial charge >= 0.3 is 0 Å². The molecule has 0 spiro atoms. The molecule has 5 heteroatoms. The Kier molecular flexibility index (Phi) is 7.05. The van der Waals surface area contributed by atoms with Crippen molar-refractivity contribution in [1.29, 1.82) is 0 Å². The number of aromatic nitrogens is 4. The van der Waals surface area contributed by atoms with Crippen molar-refractivity contribution in [2.24, 2.45) is 5.92 Å². The van der Waals surface area contributed by atoms with E-state index in [1.165, 1.54) is 39.1 Å². The predicted molar refractivity (Wildman–Crippen MR) is 220 cm³/mol. The van der Waals surface area contributed by atoms with Crippen LogP contribution in [-0.4, -0.2) is 19.5 Å². The topological polar surface area (TPSA) is 46.8 Å². The van der Waals surface area contributed by atoms with Crippen LogP contribution in [0.3, 0.4) is 0 Å². The van der Waals surface area contributed by atoms with Gasteiger partial charge in [-0.05, 0) is 71.7 Å². The summed E-state index contributed by atoms with van der Waals surface area (Å²) in [6.07, 6.45) is 23.2. The maximum Gasteiger partial charge on any atom is 0.163 e. The van der Waals surface area contributed by atoms with Crippen molar-refractivity contribution >= 4 is 28.4 Å². The quantitative estimate of drug-likeness (QED) is 0.174. The lowest BCUT2D eigenvalue weighted by Crippen LogP contribution is -2.19. The molecule has 0 amide bonds. The SMILES string of the molecule is C1=CCC(c2nc(-c3ccccc3)nc(-c3cccc(-c4ccc(N5C6=CC=C[C@@H]7C=Cc8c(c5cc5ccn(-c9ccccc9)c85)C67)cc4)c3)n2)C=C1. The zero-order valence-electron chi connectivity index (χ0n) is 29.5. The number of benzene rings is 5. The minimum Gasteiger partial charge on any atom is -0.316 e. The van der Waals surface area contributed by atoms with Gasteiger partial charge in [0.25, 0.3) is 0 Å². The van der Waals surface area contributed by atoms with E-state index in [0.29, 0.717) is 17.6 Å². The number of fused-ring (bicyclic) bond motifs is 2. The molecule has 3 heterocycles. The number of allylic oxidation sites excluding steroid dienone is 9. The van der Waals surface area contributed by atoms with E-state index in [2.05, 4.69) is 173 Å². The molecule has 0 bridgehead atoms. The lowest BCUT2D eigenvalue weighted by atomic mass is 9.76. The third-order valence-electron chi connectivity index (χ3n) is 11.2. The average molecular weight is 694 g/mol. The Hall–Kier alpha value is -6.85. The Bertz CT molecular complexity index is 2750. The molecule has 0 N–H and O–H groups in total. The highest BCUT2D eigenvalue weighted by atomic mass is 15.2. The largest absolute Gasteiger partial charge is 0.316 e. The second kappa shape index (κ2) is 12.4. The smallest absolute Gasteiger partial charge is 0.163 e. The predicted octanol–water partition coefficient (Wildman–Crippen LogP) is 11.7. The maximum absolute atomic E-state index is 5.04. The molecule has 256 valence electrons. The van der Waals surface area contributed by atoms with Gasteiger partial charge in [-0.1, -0.05) is 127 Å². The number of rotatable bonds is 6. The first kappa shape index (κ1) is 30.7. The third kappa shape index (κ3) is 4.96. The molecule has 1 aliphatic heterocycles. The summed E-state index contributed by atoms with van der Waals surface area (Å²) in [6, 6.07) is 43.1. The number of hydrogen-bond donors (Lipinski definition) is 0. The van der Waals surface area contributed by atoms with Crippen molar-refractivity contribution in [3.05, 3.63) is 199 Å². The van der Waals surface area contributed by atoms with E-state index in [9.17, 15) is 0 Å². The molecule has 3 atom stereocenters. The maximum atomic E-state index is 5.04. The third-order valence-corrected chi connectivity index (χ3v) is 11.2. The molecule has 7 aromatic rings. The minimum atomic E-state index is 0.117. The van der Waals surface area contributed by atoms with Crippen LogP contribution in [0.25, 0.3) is 56.6 Å². The van der Waals surface area contributed by atoms with Gasteiger partial charge in [0, 0.05) is 63.1 Å². The molecule has 11 rings (SSSR count). The van der Waals surface area contributed by atoms with E-state index in [4.69, 9.17) is 15.0 Å². The average Bonchev–Trinajstić information content (AvgIpc) is 3.84. The van der Waals surface area contributed by atoms with Gasteiger partial charge in [-0.3, -0.25) is 0 Å². The van der Waals surface area contributed by atoms with E-state index in [-0.39, 0.29) is 11.8 Å². The standard InChI is InChI=1S/C49H35N5/c1-4-12-34(13-5-1)47-50-48(35-14-6-2-7-15-35)52-49(51-47)38-18-10-17-36(30-38)32-22-25-40(26-23-32)54-42-21-11-16-33-24-27-41-45(44(33)42)43(54)31-37-28-29-53(46(37)41)39-19-8-3-9-20-39/h1-14,16-31,33,35,44H,15H2/t33-,35?,44?/m1/s1. The number of para-hydroxylation sites is 1. The van der Waals surface area contributed by atoms with Crippen LogP contribution in [0.15, 0.2) is 182 Å². The number of hydrogen-bond acceptors (Lipinski definition) is 4. The lowest BCUT2D eigenvalue weighted by molar-refractivity contribution is 0.673. The summed E-state index contributed by atoms with van der Waals surface area (Å²) in [5, 5.41) is 1.24. The molecule has 0 saturated heterocycles. The minimum absolute atomic E-state index is 0.117. The fourth-order valence-electron chi connectivity index (χ4n) is 8.70. The Labute approximate surface area is 314 Å². The molecule has 5 nitrogen and oxygen atoms in total. The Morgan fingerprint density at radius 3 is 2.19 bits per heavy atom. The number of nitrogens with zero attached hydrogens (tertiary/aromatic N) is 5. The Morgan fingerprint density at radius 2 is 1.37 bits per heavy atom. The van der Waals surface area contributed by atoms with E-state index in [1.54, 1.807) is 0 Å². The fraction of sp³-hybridized carbons (Fsp3) is 0.0816. The van der Waals surface area contributed by atoms with Crippen LogP contribution < -0.4 is 4.90 Å². The van der Waals surface area contributed by atoms with Crippen LogP contribution >= 0.6 is 0 Å². The normalized spacial score (nSPS) is 19.0. The highest BCUT2D eigenvalue weighted by Crippen LogP contribution is 2.57. The molecular weight excluding hydrogens is 659 g/mol. The van der Waals surface area contributed by atoms with Crippen molar-refractivity contribution in [3.63, 3.8) is 0 Å². The molecule has 54 heavy (non-hydrogen) atoms. The van der Waals surface area contributed by atoms with E-state index in [1.807, 2.05) is 18.2 Å². The summed E-state index contributed by atoms with van der Waals surface area (Å²) in [5.41, 5.74) is 13.2. The van der Waals surface area contributed by atoms with Gasteiger partial charge < -0.3 is 9.47 Å². The van der Waals surface area contributed by atoms with Crippen LogP contribution in [0.2, 0.25) is 0 Å². The van der Waals surface area contributed by atoms with E-state index >= 15 is 0 Å². The van der Waals surface area contributed by atoms with Gasteiger partial charge in [0.1, 0.15) is 5.82 Å². The van der Waals surface area contributed by atoms with Crippen LogP contribution in [0.4, 0.5) is 11.4 Å².